The molecule has 3 rings (SSSR count). The number of aliphatic hydroxyl groups is 1. The van der Waals surface area contributed by atoms with Crippen LogP contribution < -0.4 is 9.47 Å². The van der Waals surface area contributed by atoms with Crippen LogP contribution >= 0.6 is 0 Å². The highest BCUT2D eigenvalue weighted by atomic mass is 16.5. The molecule has 0 bridgehead atoms. The molecule has 158 valence electrons. The predicted octanol–water partition coefficient (Wildman–Crippen LogP) is 5.12. The molecule has 1 heterocycles. The van der Waals surface area contributed by atoms with Crippen molar-refractivity contribution in [3.63, 3.8) is 0 Å². The SMILES string of the molecule is C=CCCCCOC(=O)c1c(-c2ccc(OC)cc2)oc2c(OC)cc(CO)cc12. The molecular weight excluding hydrogens is 384 g/mol. The van der Waals surface area contributed by atoms with E-state index in [9.17, 15) is 9.90 Å². The Labute approximate surface area is 175 Å². The van der Waals surface area contributed by atoms with Crippen LogP contribution in [0, 0.1) is 0 Å². The summed E-state index contributed by atoms with van der Waals surface area (Å²) in [7, 11) is 3.11. The summed E-state index contributed by atoms with van der Waals surface area (Å²) in [6, 6.07) is 10.6. The highest BCUT2D eigenvalue weighted by Gasteiger charge is 2.26. The number of benzene rings is 2. The molecule has 0 saturated carbocycles. The molecule has 0 spiro atoms. The van der Waals surface area contributed by atoms with Gasteiger partial charge in [-0.25, -0.2) is 4.79 Å². The van der Waals surface area contributed by atoms with Crippen molar-refractivity contribution in [2.24, 2.45) is 0 Å². The van der Waals surface area contributed by atoms with Crippen molar-refractivity contribution in [1.29, 1.82) is 0 Å². The number of fused-ring (bicyclic) bond motifs is 1. The summed E-state index contributed by atoms with van der Waals surface area (Å²) < 4.78 is 22.3. The van der Waals surface area contributed by atoms with Gasteiger partial charge >= 0.3 is 5.97 Å². The summed E-state index contributed by atoms with van der Waals surface area (Å²) in [6.07, 6.45) is 4.36. The second kappa shape index (κ2) is 9.98. The van der Waals surface area contributed by atoms with Crippen LogP contribution in [0.4, 0.5) is 0 Å². The van der Waals surface area contributed by atoms with E-state index in [0.29, 0.717) is 51.5 Å². The number of aliphatic hydroxyl groups excluding tert-OH is 1. The number of esters is 1. The number of furan rings is 1. The minimum absolute atomic E-state index is 0.189. The van der Waals surface area contributed by atoms with E-state index in [0.717, 1.165) is 19.3 Å². The van der Waals surface area contributed by atoms with Gasteiger partial charge in [0.05, 0.1) is 27.4 Å². The molecule has 0 aliphatic heterocycles. The van der Waals surface area contributed by atoms with Gasteiger partial charge in [0, 0.05) is 10.9 Å². The van der Waals surface area contributed by atoms with E-state index in [4.69, 9.17) is 18.6 Å². The van der Waals surface area contributed by atoms with Crippen LogP contribution in [-0.2, 0) is 11.3 Å². The zero-order valence-corrected chi connectivity index (χ0v) is 17.3. The number of allylic oxidation sites excluding steroid dienone is 1. The Hall–Kier alpha value is -3.25. The molecule has 6 nitrogen and oxygen atoms in total. The third-order valence-corrected chi connectivity index (χ3v) is 4.81. The topological polar surface area (TPSA) is 78.1 Å². The summed E-state index contributed by atoms with van der Waals surface area (Å²) in [5.74, 6) is 1.05. The van der Waals surface area contributed by atoms with E-state index in [-0.39, 0.29) is 6.61 Å². The number of ether oxygens (including phenoxy) is 3. The van der Waals surface area contributed by atoms with Crippen molar-refractivity contribution < 1.29 is 28.5 Å². The van der Waals surface area contributed by atoms with Crippen molar-refractivity contribution in [2.45, 2.75) is 25.9 Å². The van der Waals surface area contributed by atoms with E-state index in [2.05, 4.69) is 6.58 Å². The van der Waals surface area contributed by atoms with Crippen LogP contribution in [0.5, 0.6) is 11.5 Å². The first kappa shape index (κ1) is 21.5. The average Bonchev–Trinajstić information content (AvgIpc) is 3.17. The number of methoxy groups -OCH3 is 2. The molecule has 1 N–H and O–H groups in total. The maximum Gasteiger partial charge on any atom is 0.342 e. The molecule has 30 heavy (non-hydrogen) atoms. The molecule has 1 aromatic heterocycles. The van der Waals surface area contributed by atoms with Crippen LogP contribution in [0.3, 0.4) is 0 Å². The van der Waals surface area contributed by atoms with E-state index in [1.54, 1.807) is 31.4 Å². The van der Waals surface area contributed by atoms with Gasteiger partial charge in [0.2, 0.25) is 0 Å². The zero-order chi connectivity index (χ0) is 21.5. The molecule has 0 radical (unpaired) electrons. The Kier molecular flexibility index (Phi) is 7.14. The Bertz CT molecular complexity index is 1020. The van der Waals surface area contributed by atoms with Gasteiger partial charge in [-0.1, -0.05) is 6.08 Å². The lowest BCUT2D eigenvalue weighted by molar-refractivity contribution is 0.0501. The monoisotopic (exact) mass is 410 g/mol. The van der Waals surface area contributed by atoms with Gasteiger partial charge in [-0.3, -0.25) is 0 Å². The number of rotatable bonds is 10. The third kappa shape index (κ3) is 4.49. The lowest BCUT2D eigenvalue weighted by Crippen LogP contribution is -2.07. The average molecular weight is 410 g/mol. The van der Waals surface area contributed by atoms with E-state index in [1.165, 1.54) is 7.11 Å². The molecule has 0 unspecified atom stereocenters. The highest BCUT2D eigenvalue weighted by molar-refractivity contribution is 6.10. The molecule has 6 heteroatoms. The maximum atomic E-state index is 13.0. The van der Waals surface area contributed by atoms with Crippen LogP contribution in [0.1, 0.15) is 35.2 Å². The van der Waals surface area contributed by atoms with E-state index < -0.39 is 5.97 Å². The van der Waals surface area contributed by atoms with Gasteiger partial charge in [0.15, 0.2) is 11.3 Å². The summed E-state index contributed by atoms with van der Waals surface area (Å²) in [6.45, 7) is 3.81. The quantitative estimate of drug-likeness (QED) is 0.284. The summed E-state index contributed by atoms with van der Waals surface area (Å²) in [4.78, 5) is 13.0. The number of hydrogen-bond donors (Lipinski definition) is 1. The van der Waals surface area contributed by atoms with Crippen LogP contribution in [0.15, 0.2) is 53.5 Å². The molecule has 0 amide bonds. The fraction of sp³-hybridized carbons (Fsp3) is 0.292. The summed E-state index contributed by atoms with van der Waals surface area (Å²) in [5.41, 5.74) is 2.06. The van der Waals surface area contributed by atoms with Crippen molar-refractivity contribution in [2.75, 3.05) is 20.8 Å². The molecule has 0 aliphatic rings. The Morgan fingerprint density at radius 3 is 2.53 bits per heavy atom. The second-order valence-corrected chi connectivity index (χ2v) is 6.79. The van der Waals surface area contributed by atoms with Gasteiger partial charge < -0.3 is 23.7 Å². The first-order valence-electron chi connectivity index (χ1n) is 9.79. The van der Waals surface area contributed by atoms with Crippen molar-refractivity contribution >= 4 is 16.9 Å². The minimum atomic E-state index is -0.477. The predicted molar refractivity (Wildman–Crippen MR) is 115 cm³/mol. The van der Waals surface area contributed by atoms with Crippen LogP contribution in [0.25, 0.3) is 22.3 Å². The van der Waals surface area contributed by atoms with Crippen molar-refractivity contribution in [3.05, 3.63) is 60.2 Å². The van der Waals surface area contributed by atoms with E-state index >= 15 is 0 Å². The first-order valence-corrected chi connectivity index (χ1v) is 9.79. The number of carbonyl (C=O) groups excluding carboxylic acids is 1. The second-order valence-electron chi connectivity index (χ2n) is 6.79. The number of unbranched alkanes of at least 4 members (excludes halogenated alkanes) is 2. The Balaban J connectivity index is 2.07. The zero-order valence-electron chi connectivity index (χ0n) is 17.3. The largest absolute Gasteiger partial charge is 0.497 e. The standard InChI is InChI=1S/C24H26O6/c1-4-5-6-7-12-29-24(26)21-19-13-16(15-25)14-20(28-3)23(19)30-22(21)17-8-10-18(27-2)11-9-17/h4,8-11,13-14,25H,1,5-7,12,15H2,2-3H3. The van der Waals surface area contributed by atoms with Crippen molar-refractivity contribution in [3.8, 4) is 22.8 Å². The maximum absolute atomic E-state index is 13.0. The van der Waals surface area contributed by atoms with Crippen LogP contribution in [-0.4, -0.2) is 31.9 Å². The van der Waals surface area contributed by atoms with Gasteiger partial charge in [0.25, 0.3) is 0 Å². The minimum Gasteiger partial charge on any atom is -0.497 e. The van der Waals surface area contributed by atoms with Crippen LogP contribution in [0.2, 0.25) is 0 Å². The molecule has 0 atom stereocenters. The van der Waals surface area contributed by atoms with Gasteiger partial charge in [-0.2, -0.15) is 0 Å². The summed E-state index contributed by atoms with van der Waals surface area (Å²) >= 11 is 0. The first-order chi connectivity index (χ1) is 14.6. The molecule has 0 fully saturated rings. The number of hydrogen-bond acceptors (Lipinski definition) is 6. The fourth-order valence-corrected chi connectivity index (χ4v) is 3.24. The lowest BCUT2D eigenvalue weighted by atomic mass is 10.0. The normalized spacial score (nSPS) is 10.8. The molecule has 3 aromatic rings. The molecule has 2 aromatic carbocycles. The third-order valence-electron chi connectivity index (χ3n) is 4.81. The lowest BCUT2D eigenvalue weighted by Gasteiger charge is -2.07. The number of carbonyl (C=O) groups is 1. The van der Waals surface area contributed by atoms with Crippen molar-refractivity contribution in [1.82, 2.24) is 0 Å². The van der Waals surface area contributed by atoms with Gasteiger partial charge in [-0.15, -0.1) is 6.58 Å². The van der Waals surface area contributed by atoms with Gasteiger partial charge in [-0.05, 0) is 61.2 Å². The Morgan fingerprint density at radius 1 is 1.13 bits per heavy atom. The molecule has 0 aliphatic carbocycles. The Morgan fingerprint density at radius 2 is 1.90 bits per heavy atom. The summed E-state index contributed by atoms with van der Waals surface area (Å²) in [5, 5.41) is 10.2. The van der Waals surface area contributed by atoms with E-state index in [1.807, 2.05) is 18.2 Å². The smallest absolute Gasteiger partial charge is 0.342 e. The highest BCUT2D eigenvalue weighted by Crippen LogP contribution is 2.39. The molecular formula is C24H26O6. The fourth-order valence-electron chi connectivity index (χ4n) is 3.24. The molecule has 0 saturated heterocycles. The van der Waals surface area contributed by atoms with Gasteiger partial charge in [0.1, 0.15) is 17.1 Å².